The molecule has 4 heteroatoms. The first-order valence-corrected chi connectivity index (χ1v) is 8.77. The number of rotatable bonds is 7. The molecule has 2 aromatic rings. The van der Waals surface area contributed by atoms with Gasteiger partial charge in [-0.15, -0.1) is 0 Å². The second-order valence-corrected chi connectivity index (χ2v) is 6.89. The van der Waals surface area contributed by atoms with Crippen molar-refractivity contribution in [2.45, 2.75) is 18.9 Å². The van der Waals surface area contributed by atoms with E-state index in [0.29, 0.717) is 6.54 Å². The normalized spacial score (nSPS) is 19.3. The maximum absolute atomic E-state index is 12.3. The molecule has 1 fully saturated rings. The first-order chi connectivity index (χ1) is 11.6. The van der Waals surface area contributed by atoms with Gasteiger partial charge in [-0.3, -0.25) is 4.79 Å². The molecule has 2 atom stereocenters. The van der Waals surface area contributed by atoms with Crippen molar-refractivity contribution in [1.82, 2.24) is 10.2 Å². The monoisotopic (exact) mass is 342 g/mol. The minimum Gasteiger partial charge on any atom is -0.355 e. The van der Waals surface area contributed by atoms with Gasteiger partial charge in [-0.25, -0.2) is 0 Å². The molecule has 3 nitrogen and oxygen atoms in total. The van der Waals surface area contributed by atoms with Crippen molar-refractivity contribution in [3.8, 4) is 0 Å². The number of carbonyl (C=O) groups is 1. The lowest BCUT2D eigenvalue weighted by molar-refractivity contribution is -0.122. The molecule has 126 valence electrons. The second-order valence-electron chi connectivity index (χ2n) is 6.48. The van der Waals surface area contributed by atoms with Gasteiger partial charge in [0, 0.05) is 30.6 Å². The molecular formula is C20H23ClN2O. The first kappa shape index (κ1) is 17.0. The molecule has 1 aliphatic rings. The van der Waals surface area contributed by atoms with E-state index in [1.54, 1.807) is 0 Å². The third-order valence-corrected chi connectivity index (χ3v) is 4.86. The number of hydrogen-bond acceptors (Lipinski definition) is 2. The molecule has 0 saturated heterocycles. The Bertz CT molecular complexity index is 689. The van der Waals surface area contributed by atoms with E-state index in [1.165, 1.54) is 5.56 Å². The van der Waals surface area contributed by atoms with Crippen molar-refractivity contribution >= 4 is 17.5 Å². The minimum atomic E-state index is 0.0735. The summed E-state index contributed by atoms with van der Waals surface area (Å²) in [5.41, 5.74) is 2.38. The van der Waals surface area contributed by atoms with Gasteiger partial charge in [0.15, 0.2) is 0 Å². The summed E-state index contributed by atoms with van der Waals surface area (Å²) in [4.78, 5) is 14.5. The van der Waals surface area contributed by atoms with Crippen molar-refractivity contribution in [3.63, 3.8) is 0 Å². The zero-order chi connectivity index (χ0) is 16.9. The average Bonchev–Trinajstić information content (AvgIpc) is 3.36. The molecule has 2 unspecified atom stereocenters. The van der Waals surface area contributed by atoms with Crippen LogP contribution in [-0.4, -0.2) is 30.9 Å². The van der Waals surface area contributed by atoms with Crippen LogP contribution in [-0.2, 0) is 11.3 Å². The standard InChI is InChI=1S/C20H23ClN2O/c1-23(14-15-7-3-2-4-8-15)12-11-22-20(24)18-13-17(18)16-9-5-6-10-19(16)21/h2-10,17-18H,11-14H2,1H3,(H,22,24). The van der Waals surface area contributed by atoms with Crippen LogP contribution in [0.5, 0.6) is 0 Å². The van der Waals surface area contributed by atoms with Crippen LogP contribution in [0.15, 0.2) is 54.6 Å². The molecular weight excluding hydrogens is 320 g/mol. The average molecular weight is 343 g/mol. The Kier molecular flexibility index (Phi) is 5.54. The summed E-state index contributed by atoms with van der Waals surface area (Å²) in [5, 5.41) is 3.82. The fraction of sp³-hybridized carbons (Fsp3) is 0.350. The van der Waals surface area contributed by atoms with E-state index in [4.69, 9.17) is 11.6 Å². The SMILES string of the molecule is CN(CCNC(=O)C1CC1c1ccccc1Cl)Cc1ccccc1. The smallest absolute Gasteiger partial charge is 0.223 e. The number of nitrogens with one attached hydrogen (secondary N) is 1. The number of hydrogen-bond donors (Lipinski definition) is 1. The van der Waals surface area contributed by atoms with Gasteiger partial charge in [0.05, 0.1) is 0 Å². The van der Waals surface area contributed by atoms with Crippen LogP contribution in [0.2, 0.25) is 5.02 Å². The summed E-state index contributed by atoms with van der Waals surface area (Å²) in [6, 6.07) is 18.2. The number of benzene rings is 2. The third-order valence-electron chi connectivity index (χ3n) is 4.52. The Balaban J connectivity index is 1.40. The summed E-state index contributed by atoms with van der Waals surface area (Å²) in [6.45, 7) is 2.40. The van der Waals surface area contributed by atoms with Crippen LogP contribution in [0.25, 0.3) is 0 Å². The molecule has 3 rings (SSSR count). The van der Waals surface area contributed by atoms with E-state index in [-0.39, 0.29) is 17.7 Å². The van der Waals surface area contributed by atoms with E-state index in [2.05, 4.69) is 29.4 Å². The predicted molar refractivity (Wildman–Crippen MR) is 98.1 cm³/mol. The molecule has 0 heterocycles. The zero-order valence-electron chi connectivity index (χ0n) is 13.9. The highest BCUT2D eigenvalue weighted by atomic mass is 35.5. The predicted octanol–water partition coefficient (Wildman–Crippen LogP) is 3.69. The lowest BCUT2D eigenvalue weighted by atomic mass is 10.1. The van der Waals surface area contributed by atoms with E-state index in [1.807, 2.05) is 42.5 Å². The Labute approximate surface area is 148 Å². The summed E-state index contributed by atoms with van der Waals surface area (Å²) >= 11 is 6.21. The van der Waals surface area contributed by atoms with Crippen LogP contribution in [0, 0.1) is 5.92 Å². The van der Waals surface area contributed by atoms with E-state index < -0.39 is 0 Å². The van der Waals surface area contributed by atoms with Crippen LogP contribution >= 0.6 is 11.6 Å². The van der Waals surface area contributed by atoms with Crippen molar-refractivity contribution in [2.24, 2.45) is 5.92 Å². The van der Waals surface area contributed by atoms with E-state index in [9.17, 15) is 4.79 Å². The highest BCUT2D eigenvalue weighted by Gasteiger charge is 2.44. The number of nitrogens with zero attached hydrogens (tertiary/aromatic N) is 1. The Morgan fingerprint density at radius 3 is 2.62 bits per heavy atom. The second kappa shape index (κ2) is 7.82. The van der Waals surface area contributed by atoms with Gasteiger partial charge in [0.25, 0.3) is 0 Å². The fourth-order valence-corrected chi connectivity index (χ4v) is 3.36. The lowest BCUT2D eigenvalue weighted by Gasteiger charge is -2.17. The van der Waals surface area contributed by atoms with Crippen LogP contribution < -0.4 is 5.32 Å². The molecule has 0 aliphatic heterocycles. The van der Waals surface area contributed by atoms with E-state index in [0.717, 1.165) is 30.1 Å². The molecule has 24 heavy (non-hydrogen) atoms. The topological polar surface area (TPSA) is 32.3 Å². The molecule has 0 bridgehead atoms. The lowest BCUT2D eigenvalue weighted by Crippen LogP contribution is -2.33. The van der Waals surface area contributed by atoms with Gasteiger partial charge < -0.3 is 10.2 Å². The fourth-order valence-electron chi connectivity index (χ4n) is 3.08. The highest BCUT2D eigenvalue weighted by Crippen LogP contribution is 2.49. The first-order valence-electron chi connectivity index (χ1n) is 8.40. The van der Waals surface area contributed by atoms with E-state index >= 15 is 0 Å². The van der Waals surface area contributed by atoms with Crippen molar-refractivity contribution < 1.29 is 4.79 Å². The third kappa shape index (κ3) is 4.37. The van der Waals surface area contributed by atoms with Crippen LogP contribution in [0.1, 0.15) is 23.5 Å². The number of amides is 1. The Morgan fingerprint density at radius 2 is 1.88 bits per heavy atom. The quantitative estimate of drug-likeness (QED) is 0.832. The summed E-state index contributed by atoms with van der Waals surface area (Å²) in [5.74, 6) is 0.498. The number of halogens is 1. The van der Waals surface area contributed by atoms with Crippen LogP contribution in [0.3, 0.4) is 0 Å². The summed E-state index contributed by atoms with van der Waals surface area (Å²) in [7, 11) is 2.07. The maximum atomic E-state index is 12.3. The molecule has 2 aromatic carbocycles. The highest BCUT2D eigenvalue weighted by molar-refractivity contribution is 6.31. The molecule has 0 aromatic heterocycles. The molecule has 1 aliphatic carbocycles. The largest absolute Gasteiger partial charge is 0.355 e. The van der Waals surface area contributed by atoms with Crippen LogP contribution in [0.4, 0.5) is 0 Å². The number of carbonyl (C=O) groups excluding carboxylic acids is 1. The van der Waals surface area contributed by atoms with Gasteiger partial charge in [0.1, 0.15) is 0 Å². The molecule has 1 amide bonds. The van der Waals surface area contributed by atoms with Gasteiger partial charge in [-0.05, 0) is 36.6 Å². The molecule has 0 spiro atoms. The Hall–Kier alpha value is -1.84. The van der Waals surface area contributed by atoms with Crippen molar-refractivity contribution in [3.05, 3.63) is 70.7 Å². The maximum Gasteiger partial charge on any atom is 0.223 e. The Morgan fingerprint density at radius 1 is 1.17 bits per heavy atom. The van der Waals surface area contributed by atoms with Crippen molar-refractivity contribution in [2.75, 3.05) is 20.1 Å². The van der Waals surface area contributed by atoms with Gasteiger partial charge in [-0.2, -0.15) is 0 Å². The zero-order valence-corrected chi connectivity index (χ0v) is 14.7. The molecule has 1 N–H and O–H groups in total. The van der Waals surface area contributed by atoms with Gasteiger partial charge in [0.2, 0.25) is 5.91 Å². The number of likely N-dealkylation sites (N-methyl/N-ethyl adjacent to an activating group) is 1. The molecule has 1 saturated carbocycles. The summed E-state index contributed by atoms with van der Waals surface area (Å²) < 4.78 is 0. The minimum absolute atomic E-state index is 0.0735. The summed E-state index contributed by atoms with van der Waals surface area (Å²) in [6.07, 6.45) is 0.898. The van der Waals surface area contributed by atoms with Gasteiger partial charge in [-0.1, -0.05) is 60.1 Å². The van der Waals surface area contributed by atoms with Gasteiger partial charge >= 0.3 is 0 Å². The molecule has 0 radical (unpaired) electrons. The van der Waals surface area contributed by atoms with Crippen molar-refractivity contribution in [1.29, 1.82) is 0 Å².